The van der Waals surface area contributed by atoms with Crippen LogP contribution in [0.2, 0.25) is 0 Å². The lowest BCUT2D eigenvalue weighted by atomic mass is 10.1. The standard InChI is InChI=1S/C27H23BrN2O3/c1-18-7-9-19(10-8-18)17-33-26-24(28)13-20(14-25(26)32-2)16-29-30-27(31)23-12-11-21-5-3-4-6-22(21)15-23/h3-16H,17H2,1-2H3,(H,30,31)/b29-16-. The van der Waals surface area contributed by atoms with Crippen LogP contribution in [0.5, 0.6) is 11.5 Å². The molecule has 4 aromatic carbocycles. The van der Waals surface area contributed by atoms with Crippen LogP contribution in [0.3, 0.4) is 0 Å². The average molecular weight is 503 g/mol. The third kappa shape index (κ3) is 5.59. The van der Waals surface area contributed by atoms with E-state index in [4.69, 9.17) is 9.47 Å². The summed E-state index contributed by atoms with van der Waals surface area (Å²) in [6, 6.07) is 25.3. The third-order valence-electron chi connectivity index (χ3n) is 5.15. The van der Waals surface area contributed by atoms with Crippen molar-refractivity contribution in [1.82, 2.24) is 5.43 Å². The van der Waals surface area contributed by atoms with Gasteiger partial charge in [-0.3, -0.25) is 4.79 Å². The maximum absolute atomic E-state index is 12.5. The molecule has 5 nitrogen and oxygen atoms in total. The number of hydrogen-bond donors (Lipinski definition) is 1. The molecule has 0 aliphatic heterocycles. The molecule has 0 aliphatic carbocycles. The molecule has 1 amide bonds. The highest BCUT2D eigenvalue weighted by Gasteiger charge is 2.12. The fraction of sp³-hybridized carbons (Fsp3) is 0.111. The van der Waals surface area contributed by atoms with Crippen molar-refractivity contribution in [2.75, 3.05) is 7.11 Å². The molecule has 0 unspecified atom stereocenters. The van der Waals surface area contributed by atoms with Crippen molar-refractivity contribution in [3.8, 4) is 11.5 Å². The summed E-state index contributed by atoms with van der Waals surface area (Å²) in [4.78, 5) is 12.5. The van der Waals surface area contributed by atoms with Gasteiger partial charge in [-0.15, -0.1) is 0 Å². The summed E-state index contributed by atoms with van der Waals surface area (Å²) in [6.45, 7) is 2.47. The van der Waals surface area contributed by atoms with E-state index in [1.807, 2.05) is 54.6 Å². The Morgan fingerprint density at radius 3 is 2.52 bits per heavy atom. The van der Waals surface area contributed by atoms with Gasteiger partial charge >= 0.3 is 0 Å². The lowest BCUT2D eigenvalue weighted by Gasteiger charge is -2.13. The summed E-state index contributed by atoms with van der Waals surface area (Å²) >= 11 is 3.55. The maximum atomic E-state index is 12.5. The second-order valence-corrected chi connectivity index (χ2v) is 8.42. The number of carbonyl (C=O) groups excluding carboxylic acids is 1. The quantitative estimate of drug-likeness (QED) is 0.239. The molecule has 0 saturated carbocycles. The van der Waals surface area contributed by atoms with Crippen LogP contribution in [-0.4, -0.2) is 19.2 Å². The molecule has 0 heterocycles. The molecular weight excluding hydrogens is 480 g/mol. The number of aryl methyl sites for hydroxylation is 1. The highest BCUT2D eigenvalue weighted by atomic mass is 79.9. The Kier molecular flexibility index (Phi) is 7.05. The summed E-state index contributed by atoms with van der Waals surface area (Å²) in [5, 5.41) is 6.19. The van der Waals surface area contributed by atoms with Gasteiger partial charge in [0.2, 0.25) is 0 Å². The van der Waals surface area contributed by atoms with Crippen LogP contribution < -0.4 is 14.9 Å². The summed E-state index contributed by atoms with van der Waals surface area (Å²) in [5.41, 5.74) is 6.14. The van der Waals surface area contributed by atoms with Crippen molar-refractivity contribution in [3.05, 3.63) is 106 Å². The van der Waals surface area contributed by atoms with Gasteiger partial charge in [0.25, 0.3) is 5.91 Å². The predicted octanol–water partition coefficient (Wildman–Crippen LogP) is 6.26. The van der Waals surface area contributed by atoms with Gasteiger partial charge in [0.15, 0.2) is 11.5 Å². The first-order valence-corrected chi connectivity index (χ1v) is 11.2. The van der Waals surface area contributed by atoms with E-state index in [1.165, 1.54) is 5.56 Å². The van der Waals surface area contributed by atoms with Gasteiger partial charge < -0.3 is 9.47 Å². The van der Waals surface area contributed by atoms with E-state index in [0.717, 1.165) is 26.4 Å². The van der Waals surface area contributed by atoms with Crippen LogP contribution in [0.1, 0.15) is 27.0 Å². The Morgan fingerprint density at radius 1 is 1.00 bits per heavy atom. The van der Waals surface area contributed by atoms with Gasteiger partial charge in [0, 0.05) is 5.56 Å². The first kappa shape index (κ1) is 22.6. The fourth-order valence-corrected chi connectivity index (χ4v) is 3.93. The Labute approximate surface area is 201 Å². The molecule has 0 bridgehead atoms. The molecule has 0 fully saturated rings. The first-order chi connectivity index (χ1) is 16.0. The molecule has 4 aromatic rings. The number of hydrazone groups is 1. The van der Waals surface area contributed by atoms with Crippen molar-refractivity contribution >= 4 is 38.8 Å². The number of ether oxygens (including phenoxy) is 2. The lowest BCUT2D eigenvalue weighted by Crippen LogP contribution is -2.17. The van der Waals surface area contributed by atoms with E-state index >= 15 is 0 Å². The van der Waals surface area contributed by atoms with E-state index in [1.54, 1.807) is 25.5 Å². The number of carbonyl (C=O) groups is 1. The van der Waals surface area contributed by atoms with Gasteiger partial charge in [-0.1, -0.05) is 60.2 Å². The van der Waals surface area contributed by atoms with Gasteiger partial charge in [0.05, 0.1) is 17.8 Å². The maximum Gasteiger partial charge on any atom is 0.271 e. The average Bonchev–Trinajstić information content (AvgIpc) is 2.83. The Morgan fingerprint density at radius 2 is 1.76 bits per heavy atom. The smallest absolute Gasteiger partial charge is 0.271 e. The monoisotopic (exact) mass is 502 g/mol. The van der Waals surface area contributed by atoms with Crippen LogP contribution >= 0.6 is 15.9 Å². The van der Waals surface area contributed by atoms with E-state index < -0.39 is 0 Å². The van der Waals surface area contributed by atoms with Crippen molar-refractivity contribution in [3.63, 3.8) is 0 Å². The molecule has 6 heteroatoms. The molecule has 0 aromatic heterocycles. The molecule has 1 N–H and O–H groups in total. The Bertz CT molecular complexity index is 1320. The highest BCUT2D eigenvalue weighted by Crippen LogP contribution is 2.36. The van der Waals surface area contributed by atoms with Crippen LogP contribution in [0.25, 0.3) is 10.8 Å². The van der Waals surface area contributed by atoms with Crippen molar-refractivity contribution in [2.24, 2.45) is 5.10 Å². The van der Waals surface area contributed by atoms with Crippen LogP contribution in [0.4, 0.5) is 0 Å². The Balaban J connectivity index is 1.44. The minimum absolute atomic E-state index is 0.277. The molecule has 4 rings (SSSR count). The zero-order valence-corrected chi connectivity index (χ0v) is 19.9. The van der Waals surface area contributed by atoms with E-state index in [2.05, 4.69) is 45.5 Å². The normalized spacial score (nSPS) is 11.0. The number of amides is 1. The number of nitrogens with one attached hydrogen (secondary N) is 1. The summed E-state index contributed by atoms with van der Waals surface area (Å²) < 4.78 is 12.2. The zero-order chi connectivity index (χ0) is 23.2. The molecule has 0 saturated heterocycles. The number of rotatable bonds is 7. The largest absolute Gasteiger partial charge is 0.493 e. The predicted molar refractivity (Wildman–Crippen MR) is 135 cm³/mol. The Hall–Kier alpha value is -3.64. The fourth-order valence-electron chi connectivity index (χ4n) is 3.35. The summed E-state index contributed by atoms with van der Waals surface area (Å²) in [5.74, 6) is 0.898. The van der Waals surface area contributed by atoms with E-state index in [9.17, 15) is 4.79 Å². The number of halogens is 1. The molecule has 166 valence electrons. The van der Waals surface area contributed by atoms with Gasteiger partial charge in [0.1, 0.15) is 6.61 Å². The molecule has 0 aliphatic rings. The second kappa shape index (κ2) is 10.3. The SMILES string of the molecule is COc1cc(/C=N\NC(=O)c2ccc3ccccc3c2)cc(Br)c1OCc1ccc(C)cc1. The van der Waals surface area contributed by atoms with Crippen LogP contribution in [-0.2, 0) is 6.61 Å². The molecule has 0 spiro atoms. The lowest BCUT2D eigenvalue weighted by molar-refractivity contribution is 0.0955. The number of methoxy groups -OCH3 is 1. The van der Waals surface area contributed by atoms with Gasteiger partial charge in [-0.25, -0.2) is 5.43 Å². The van der Waals surface area contributed by atoms with Crippen molar-refractivity contribution in [1.29, 1.82) is 0 Å². The molecule has 33 heavy (non-hydrogen) atoms. The number of fused-ring (bicyclic) bond motifs is 1. The summed E-state index contributed by atoms with van der Waals surface area (Å²) in [6.07, 6.45) is 1.57. The number of hydrogen-bond acceptors (Lipinski definition) is 4. The minimum atomic E-state index is -0.277. The molecule has 0 radical (unpaired) electrons. The molecular formula is C27H23BrN2O3. The zero-order valence-electron chi connectivity index (χ0n) is 18.3. The van der Waals surface area contributed by atoms with E-state index in [0.29, 0.717) is 23.7 Å². The van der Waals surface area contributed by atoms with Crippen LogP contribution in [0, 0.1) is 6.92 Å². The number of nitrogens with zero attached hydrogens (tertiary/aromatic N) is 1. The highest BCUT2D eigenvalue weighted by molar-refractivity contribution is 9.10. The second-order valence-electron chi connectivity index (χ2n) is 7.57. The van der Waals surface area contributed by atoms with Crippen LogP contribution in [0.15, 0.2) is 88.4 Å². The van der Waals surface area contributed by atoms with Crippen molar-refractivity contribution in [2.45, 2.75) is 13.5 Å². The third-order valence-corrected chi connectivity index (χ3v) is 5.74. The minimum Gasteiger partial charge on any atom is -0.493 e. The topological polar surface area (TPSA) is 59.9 Å². The summed E-state index contributed by atoms with van der Waals surface area (Å²) in [7, 11) is 1.59. The number of benzene rings is 4. The van der Waals surface area contributed by atoms with Crippen molar-refractivity contribution < 1.29 is 14.3 Å². The first-order valence-electron chi connectivity index (χ1n) is 10.4. The molecule has 0 atom stereocenters. The van der Waals surface area contributed by atoms with Gasteiger partial charge in [-0.05, 0) is 69.0 Å². The van der Waals surface area contributed by atoms with E-state index in [-0.39, 0.29) is 5.91 Å². The van der Waals surface area contributed by atoms with Gasteiger partial charge in [-0.2, -0.15) is 5.10 Å².